The first-order chi connectivity index (χ1) is 13.6. The van der Waals surface area contributed by atoms with E-state index in [-0.39, 0.29) is 17.0 Å². The molecule has 3 heterocycles. The van der Waals surface area contributed by atoms with Gasteiger partial charge in [0, 0.05) is 44.6 Å². The first kappa shape index (κ1) is 18.9. The lowest BCUT2D eigenvalue weighted by Crippen LogP contribution is -2.53. The molecule has 2 aliphatic rings. The number of carbonyl (C=O) groups excluding carboxylic acids is 1. The molecule has 0 N–H and O–H groups in total. The van der Waals surface area contributed by atoms with Crippen LogP contribution in [-0.4, -0.2) is 57.5 Å². The molecule has 1 aliphatic heterocycles. The number of carbonyl (C=O) groups is 1. The third kappa shape index (κ3) is 3.74. The highest BCUT2D eigenvalue weighted by Gasteiger charge is 2.29. The summed E-state index contributed by atoms with van der Waals surface area (Å²) in [4.78, 5) is 34.7. The molecule has 0 unspecified atom stereocenters. The highest BCUT2D eigenvalue weighted by Crippen LogP contribution is 2.23. The summed E-state index contributed by atoms with van der Waals surface area (Å²) in [5.41, 5.74) is 1.40. The van der Waals surface area contributed by atoms with Crippen molar-refractivity contribution in [1.29, 1.82) is 0 Å². The number of aromatic nitrogens is 2. The van der Waals surface area contributed by atoms with Crippen molar-refractivity contribution < 1.29 is 4.79 Å². The molecule has 0 atom stereocenters. The Hall–Kier alpha value is -2.47. The predicted molar refractivity (Wildman–Crippen MR) is 109 cm³/mol. The Morgan fingerprint density at radius 1 is 1.07 bits per heavy atom. The normalized spacial score (nSPS) is 19.0. The summed E-state index contributed by atoms with van der Waals surface area (Å²) < 4.78 is 1.51. The quantitative estimate of drug-likeness (QED) is 0.821. The van der Waals surface area contributed by atoms with E-state index in [9.17, 15) is 9.59 Å². The Morgan fingerprint density at radius 2 is 1.82 bits per heavy atom. The summed E-state index contributed by atoms with van der Waals surface area (Å²) in [6.07, 6.45) is 11.6. The minimum absolute atomic E-state index is 0.149. The zero-order valence-corrected chi connectivity index (χ0v) is 16.5. The second-order valence-corrected chi connectivity index (χ2v) is 7.88. The highest BCUT2D eigenvalue weighted by atomic mass is 16.2. The standard InChI is InChI=1S/C22H28N4O2/c1-17-9-11-26(19-8-5-10-23-16-19)22(28)20(17)21(27)25-14-12-24(13-15-25)18-6-3-2-4-7-18/h5,8-11,16,18H,2-4,6-7,12-15H2,1H3. The lowest BCUT2D eigenvalue weighted by molar-refractivity contribution is 0.0521. The lowest BCUT2D eigenvalue weighted by Gasteiger charge is -2.40. The Labute approximate surface area is 165 Å². The van der Waals surface area contributed by atoms with Crippen molar-refractivity contribution in [3.63, 3.8) is 0 Å². The summed E-state index contributed by atoms with van der Waals surface area (Å²) >= 11 is 0. The van der Waals surface area contributed by atoms with Crippen LogP contribution in [0.2, 0.25) is 0 Å². The molecule has 0 radical (unpaired) electrons. The molecular formula is C22H28N4O2. The van der Waals surface area contributed by atoms with E-state index in [2.05, 4.69) is 9.88 Å². The molecule has 0 bridgehead atoms. The summed E-state index contributed by atoms with van der Waals surface area (Å²) in [6.45, 7) is 5.02. The Morgan fingerprint density at radius 3 is 2.50 bits per heavy atom. The van der Waals surface area contributed by atoms with Gasteiger partial charge in [-0.2, -0.15) is 0 Å². The monoisotopic (exact) mass is 380 g/mol. The van der Waals surface area contributed by atoms with Gasteiger partial charge in [0.05, 0.1) is 11.9 Å². The van der Waals surface area contributed by atoms with E-state index in [1.54, 1.807) is 24.7 Å². The molecule has 1 saturated carbocycles. The van der Waals surface area contributed by atoms with Crippen LogP contribution in [0.1, 0.15) is 48.0 Å². The SMILES string of the molecule is Cc1ccn(-c2cccnc2)c(=O)c1C(=O)N1CCN(C2CCCCC2)CC1. The van der Waals surface area contributed by atoms with Crippen LogP contribution in [-0.2, 0) is 0 Å². The molecule has 0 aromatic carbocycles. The van der Waals surface area contributed by atoms with Crippen molar-refractivity contribution in [3.05, 3.63) is 58.3 Å². The number of aryl methyl sites for hydroxylation is 1. The molecule has 6 heteroatoms. The zero-order chi connectivity index (χ0) is 19.5. The van der Waals surface area contributed by atoms with Crippen molar-refractivity contribution >= 4 is 5.91 Å². The molecule has 28 heavy (non-hydrogen) atoms. The molecule has 2 aromatic rings. The summed E-state index contributed by atoms with van der Waals surface area (Å²) in [5.74, 6) is -0.149. The van der Waals surface area contributed by atoms with E-state index in [1.807, 2.05) is 24.0 Å². The molecule has 6 nitrogen and oxygen atoms in total. The third-order valence-corrected chi connectivity index (χ3v) is 6.13. The first-order valence-electron chi connectivity index (χ1n) is 10.3. The topological polar surface area (TPSA) is 58.4 Å². The molecule has 1 saturated heterocycles. The number of rotatable bonds is 3. The number of piperazine rings is 1. The van der Waals surface area contributed by atoms with Gasteiger partial charge in [-0.15, -0.1) is 0 Å². The van der Waals surface area contributed by atoms with E-state index in [1.165, 1.54) is 36.7 Å². The van der Waals surface area contributed by atoms with Crippen molar-refractivity contribution in [2.24, 2.45) is 0 Å². The van der Waals surface area contributed by atoms with Crippen molar-refractivity contribution in [2.75, 3.05) is 26.2 Å². The van der Waals surface area contributed by atoms with E-state index in [0.717, 1.165) is 18.7 Å². The number of amides is 1. The van der Waals surface area contributed by atoms with Crippen molar-refractivity contribution in [2.45, 2.75) is 45.1 Å². The van der Waals surface area contributed by atoms with Crippen molar-refractivity contribution in [1.82, 2.24) is 19.4 Å². The predicted octanol–water partition coefficient (Wildman–Crippen LogP) is 2.63. The van der Waals surface area contributed by atoms with Crippen LogP contribution in [0.15, 0.2) is 41.6 Å². The summed E-state index contributed by atoms with van der Waals surface area (Å²) in [7, 11) is 0. The maximum absolute atomic E-state index is 13.2. The molecule has 2 aromatic heterocycles. The highest BCUT2D eigenvalue weighted by molar-refractivity contribution is 5.95. The summed E-state index contributed by atoms with van der Waals surface area (Å²) in [6, 6.07) is 6.11. The van der Waals surface area contributed by atoms with E-state index in [4.69, 9.17) is 0 Å². The number of hydrogen-bond donors (Lipinski definition) is 0. The fraction of sp³-hybridized carbons (Fsp3) is 0.500. The fourth-order valence-electron chi connectivity index (χ4n) is 4.48. The maximum atomic E-state index is 13.2. The second kappa shape index (κ2) is 8.27. The van der Waals surface area contributed by atoms with Gasteiger partial charge >= 0.3 is 0 Å². The summed E-state index contributed by atoms with van der Waals surface area (Å²) in [5, 5.41) is 0. The number of hydrogen-bond acceptors (Lipinski definition) is 4. The average molecular weight is 380 g/mol. The van der Waals surface area contributed by atoms with Gasteiger partial charge in [-0.05, 0) is 43.5 Å². The van der Waals surface area contributed by atoms with E-state index >= 15 is 0 Å². The van der Waals surface area contributed by atoms with Gasteiger partial charge in [0.2, 0.25) is 0 Å². The minimum Gasteiger partial charge on any atom is -0.336 e. The zero-order valence-electron chi connectivity index (χ0n) is 16.5. The third-order valence-electron chi connectivity index (χ3n) is 6.13. The Kier molecular flexibility index (Phi) is 5.57. The number of nitrogens with zero attached hydrogens (tertiary/aromatic N) is 4. The van der Waals surface area contributed by atoms with Crippen molar-refractivity contribution in [3.8, 4) is 5.69 Å². The van der Waals surface area contributed by atoms with Crippen LogP contribution in [0.25, 0.3) is 5.69 Å². The van der Waals surface area contributed by atoms with Crippen LogP contribution < -0.4 is 5.56 Å². The molecular weight excluding hydrogens is 352 g/mol. The average Bonchev–Trinajstić information content (AvgIpc) is 2.75. The molecule has 1 aliphatic carbocycles. The first-order valence-corrected chi connectivity index (χ1v) is 10.3. The molecule has 148 valence electrons. The van der Waals surface area contributed by atoms with Crippen LogP contribution >= 0.6 is 0 Å². The Balaban J connectivity index is 1.52. The van der Waals surface area contributed by atoms with Gasteiger partial charge in [0.15, 0.2) is 0 Å². The van der Waals surface area contributed by atoms with Gasteiger partial charge in [-0.25, -0.2) is 0 Å². The van der Waals surface area contributed by atoms with E-state index in [0.29, 0.717) is 24.8 Å². The largest absolute Gasteiger partial charge is 0.336 e. The van der Waals surface area contributed by atoms with Crippen LogP contribution in [0.3, 0.4) is 0 Å². The van der Waals surface area contributed by atoms with Crippen LogP contribution in [0.5, 0.6) is 0 Å². The smallest absolute Gasteiger partial charge is 0.268 e. The molecule has 1 amide bonds. The fourth-order valence-corrected chi connectivity index (χ4v) is 4.48. The molecule has 2 fully saturated rings. The number of pyridine rings is 2. The van der Waals surface area contributed by atoms with Gasteiger partial charge < -0.3 is 4.90 Å². The minimum atomic E-state index is -0.271. The van der Waals surface area contributed by atoms with Crippen LogP contribution in [0.4, 0.5) is 0 Å². The second-order valence-electron chi connectivity index (χ2n) is 7.88. The van der Waals surface area contributed by atoms with Gasteiger partial charge in [-0.3, -0.25) is 24.0 Å². The van der Waals surface area contributed by atoms with E-state index < -0.39 is 0 Å². The van der Waals surface area contributed by atoms with Gasteiger partial charge in [-0.1, -0.05) is 19.3 Å². The molecule has 4 rings (SSSR count). The Bertz CT molecular complexity index is 879. The maximum Gasteiger partial charge on any atom is 0.268 e. The van der Waals surface area contributed by atoms with Crippen LogP contribution in [0, 0.1) is 6.92 Å². The van der Waals surface area contributed by atoms with Gasteiger partial charge in [0.25, 0.3) is 11.5 Å². The lowest BCUT2D eigenvalue weighted by atomic mass is 9.94. The van der Waals surface area contributed by atoms with Gasteiger partial charge in [0.1, 0.15) is 5.56 Å². The molecule has 0 spiro atoms.